The second kappa shape index (κ2) is 4.67. The molecular weight excluding hydrogens is 246 g/mol. The van der Waals surface area contributed by atoms with E-state index in [-0.39, 0.29) is 16.4 Å². The van der Waals surface area contributed by atoms with Crippen LogP contribution in [0.25, 0.3) is 0 Å². The van der Waals surface area contributed by atoms with Gasteiger partial charge in [-0.15, -0.1) is 0 Å². The van der Waals surface area contributed by atoms with Crippen LogP contribution in [-0.2, 0) is 0 Å². The van der Waals surface area contributed by atoms with E-state index in [1.807, 2.05) is 0 Å². The number of carbonyl (C=O) groups is 1. The number of hydrogen-bond donors (Lipinski definition) is 1. The third-order valence-electron chi connectivity index (χ3n) is 2.53. The van der Waals surface area contributed by atoms with Crippen LogP contribution in [0.5, 0.6) is 0 Å². The number of halogens is 1. The van der Waals surface area contributed by atoms with Gasteiger partial charge in [0.25, 0.3) is 11.6 Å². The molecule has 7 heteroatoms. The topological polar surface area (TPSA) is 85.1 Å². The smallest absolute Gasteiger partial charge is 0.288 e. The van der Waals surface area contributed by atoms with Crippen LogP contribution in [0, 0.1) is 16.0 Å². The van der Waals surface area contributed by atoms with Crippen LogP contribution in [0.15, 0.2) is 12.3 Å². The van der Waals surface area contributed by atoms with Crippen molar-refractivity contribution in [2.75, 3.05) is 6.54 Å². The maximum absolute atomic E-state index is 11.7. The summed E-state index contributed by atoms with van der Waals surface area (Å²) in [6.07, 6.45) is 3.25. The maximum atomic E-state index is 11.7. The monoisotopic (exact) mass is 255 g/mol. The number of nitrogens with one attached hydrogen (secondary N) is 1. The lowest BCUT2D eigenvalue weighted by Crippen LogP contribution is -2.26. The summed E-state index contributed by atoms with van der Waals surface area (Å²) in [5, 5.41) is 13.2. The van der Waals surface area contributed by atoms with E-state index in [1.165, 1.54) is 0 Å². The predicted octanol–water partition coefficient (Wildman–Crippen LogP) is 1.78. The Morgan fingerprint density at radius 1 is 1.65 bits per heavy atom. The lowest BCUT2D eigenvalue weighted by Gasteiger charge is -2.04. The van der Waals surface area contributed by atoms with Gasteiger partial charge in [0.15, 0.2) is 0 Å². The van der Waals surface area contributed by atoms with Gasteiger partial charge in [-0.05, 0) is 18.8 Å². The van der Waals surface area contributed by atoms with Crippen molar-refractivity contribution in [2.24, 2.45) is 5.92 Å². The second-order valence-electron chi connectivity index (χ2n) is 3.94. The van der Waals surface area contributed by atoms with Crippen molar-refractivity contribution in [1.29, 1.82) is 0 Å². The summed E-state index contributed by atoms with van der Waals surface area (Å²) in [4.78, 5) is 25.3. The fourth-order valence-electron chi connectivity index (χ4n) is 1.35. The molecular formula is C10H10ClN3O3. The summed E-state index contributed by atoms with van der Waals surface area (Å²) in [6.45, 7) is 0.581. The Kier molecular flexibility index (Phi) is 3.23. The standard InChI is InChI=1S/C10H10ClN3O3/c11-9-8(3-7(5-12-9)14(16)17)10(15)13-4-6-1-2-6/h3,5-6H,1-2,4H2,(H,13,15). The lowest BCUT2D eigenvalue weighted by molar-refractivity contribution is -0.385. The van der Waals surface area contributed by atoms with E-state index in [9.17, 15) is 14.9 Å². The van der Waals surface area contributed by atoms with E-state index < -0.39 is 10.8 Å². The van der Waals surface area contributed by atoms with E-state index in [4.69, 9.17) is 11.6 Å². The first kappa shape index (κ1) is 11.8. The molecule has 0 aliphatic heterocycles. The van der Waals surface area contributed by atoms with Gasteiger partial charge < -0.3 is 5.32 Å². The number of carbonyl (C=O) groups excluding carboxylic acids is 1. The van der Waals surface area contributed by atoms with E-state index in [0.29, 0.717) is 12.5 Å². The van der Waals surface area contributed by atoms with Gasteiger partial charge in [-0.2, -0.15) is 0 Å². The number of nitrogens with zero attached hydrogens (tertiary/aromatic N) is 2. The summed E-state index contributed by atoms with van der Waals surface area (Å²) >= 11 is 5.73. The highest BCUT2D eigenvalue weighted by Crippen LogP contribution is 2.28. The number of hydrogen-bond acceptors (Lipinski definition) is 4. The lowest BCUT2D eigenvalue weighted by atomic mass is 10.2. The minimum atomic E-state index is -0.610. The summed E-state index contributed by atoms with van der Waals surface area (Å²) in [6, 6.07) is 1.14. The molecule has 0 saturated heterocycles. The molecule has 1 aromatic heterocycles. The van der Waals surface area contributed by atoms with Gasteiger partial charge in [0, 0.05) is 12.6 Å². The average molecular weight is 256 g/mol. The van der Waals surface area contributed by atoms with Crippen molar-refractivity contribution < 1.29 is 9.72 Å². The molecule has 1 aromatic rings. The maximum Gasteiger partial charge on any atom is 0.288 e. The molecule has 0 atom stereocenters. The fourth-order valence-corrected chi connectivity index (χ4v) is 1.54. The van der Waals surface area contributed by atoms with Gasteiger partial charge >= 0.3 is 0 Å². The molecule has 1 aliphatic carbocycles. The zero-order valence-electron chi connectivity index (χ0n) is 8.85. The fraction of sp³-hybridized carbons (Fsp3) is 0.400. The molecule has 1 amide bonds. The molecule has 1 aliphatic rings. The quantitative estimate of drug-likeness (QED) is 0.505. The predicted molar refractivity (Wildman–Crippen MR) is 61.0 cm³/mol. The van der Waals surface area contributed by atoms with Crippen molar-refractivity contribution in [1.82, 2.24) is 10.3 Å². The number of aromatic nitrogens is 1. The molecule has 6 nitrogen and oxygen atoms in total. The molecule has 90 valence electrons. The first-order valence-corrected chi connectivity index (χ1v) is 5.54. The zero-order chi connectivity index (χ0) is 12.4. The van der Waals surface area contributed by atoms with E-state index in [2.05, 4.69) is 10.3 Å². The average Bonchev–Trinajstić information content (AvgIpc) is 3.10. The van der Waals surface area contributed by atoms with Gasteiger partial charge in [0.2, 0.25) is 0 Å². The number of pyridine rings is 1. The van der Waals surface area contributed by atoms with E-state index in [1.54, 1.807) is 0 Å². The zero-order valence-corrected chi connectivity index (χ0v) is 9.61. The van der Waals surface area contributed by atoms with Gasteiger partial charge in [0.05, 0.1) is 10.5 Å². The number of rotatable bonds is 4. The number of amides is 1. The van der Waals surface area contributed by atoms with Crippen LogP contribution in [0.3, 0.4) is 0 Å². The Balaban J connectivity index is 2.13. The Bertz CT molecular complexity index is 474. The molecule has 0 unspecified atom stereocenters. The molecule has 1 heterocycles. The Morgan fingerprint density at radius 2 is 2.35 bits per heavy atom. The van der Waals surface area contributed by atoms with Crippen molar-refractivity contribution in [3.05, 3.63) is 33.1 Å². The van der Waals surface area contributed by atoms with Crippen LogP contribution in [0.4, 0.5) is 5.69 Å². The van der Waals surface area contributed by atoms with Gasteiger partial charge in [0.1, 0.15) is 11.3 Å². The molecule has 1 saturated carbocycles. The molecule has 0 radical (unpaired) electrons. The summed E-state index contributed by atoms with van der Waals surface area (Å²) in [5.41, 5.74) is -0.201. The van der Waals surface area contributed by atoms with Gasteiger partial charge in [-0.1, -0.05) is 11.6 Å². The van der Waals surface area contributed by atoms with Gasteiger partial charge in [-0.3, -0.25) is 14.9 Å². The molecule has 0 aromatic carbocycles. The Labute approximate surface area is 102 Å². The molecule has 2 rings (SSSR count). The second-order valence-corrected chi connectivity index (χ2v) is 4.30. The molecule has 0 spiro atoms. The molecule has 1 fully saturated rings. The first-order chi connectivity index (χ1) is 8.08. The van der Waals surface area contributed by atoms with Crippen LogP contribution in [-0.4, -0.2) is 22.4 Å². The van der Waals surface area contributed by atoms with Crippen molar-refractivity contribution in [2.45, 2.75) is 12.8 Å². The summed E-state index contributed by atoms with van der Waals surface area (Å²) in [5.74, 6) is 0.113. The van der Waals surface area contributed by atoms with E-state index in [0.717, 1.165) is 25.1 Å². The SMILES string of the molecule is O=C(NCC1CC1)c1cc([N+](=O)[O-])cnc1Cl. The highest BCUT2D eigenvalue weighted by molar-refractivity contribution is 6.32. The van der Waals surface area contributed by atoms with Crippen LogP contribution >= 0.6 is 11.6 Å². The minimum absolute atomic E-state index is 0.0242. The summed E-state index contributed by atoms with van der Waals surface area (Å²) in [7, 11) is 0. The van der Waals surface area contributed by atoms with Crippen molar-refractivity contribution in [3.8, 4) is 0 Å². The minimum Gasteiger partial charge on any atom is -0.352 e. The van der Waals surface area contributed by atoms with Crippen molar-refractivity contribution in [3.63, 3.8) is 0 Å². The van der Waals surface area contributed by atoms with Gasteiger partial charge in [-0.25, -0.2) is 4.98 Å². The third-order valence-corrected chi connectivity index (χ3v) is 2.83. The first-order valence-electron chi connectivity index (χ1n) is 5.16. The van der Waals surface area contributed by atoms with Crippen LogP contribution in [0.2, 0.25) is 5.15 Å². The van der Waals surface area contributed by atoms with Crippen molar-refractivity contribution >= 4 is 23.2 Å². The normalized spacial score (nSPS) is 14.4. The molecule has 1 N–H and O–H groups in total. The van der Waals surface area contributed by atoms with Crippen LogP contribution in [0.1, 0.15) is 23.2 Å². The highest BCUT2D eigenvalue weighted by atomic mass is 35.5. The van der Waals surface area contributed by atoms with E-state index >= 15 is 0 Å². The Hall–Kier alpha value is -1.69. The third kappa shape index (κ3) is 2.91. The highest BCUT2D eigenvalue weighted by Gasteiger charge is 2.23. The summed E-state index contributed by atoms with van der Waals surface area (Å²) < 4.78 is 0. The number of nitro groups is 1. The largest absolute Gasteiger partial charge is 0.352 e. The Morgan fingerprint density at radius 3 is 2.94 bits per heavy atom. The molecule has 17 heavy (non-hydrogen) atoms. The van der Waals surface area contributed by atoms with Crippen LogP contribution < -0.4 is 5.32 Å². The molecule has 0 bridgehead atoms.